The highest BCUT2D eigenvalue weighted by atomic mass is 16.4. The van der Waals surface area contributed by atoms with Crippen LogP contribution in [0.1, 0.15) is 62.4 Å². The van der Waals surface area contributed by atoms with Crippen LogP contribution in [0.2, 0.25) is 0 Å². The molecule has 0 radical (unpaired) electrons. The van der Waals surface area contributed by atoms with Gasteiger partial charge in [0.05, 0.1) is 11.9 Å². The van der Waals surface area contributed by atoms with Crippen LogP contribution in [0.3, 0.4) is 0 Å². The number of rotatable bonds is 7. The Bertz CT molecular complexity index is 987. The van der Waals surface area contributed by atoms with Gasteiger partial charge >= 0.3 is 0 Å². The normalized spacial score (nSPS) is 16.5. The lowest BCUT2D eigenvalue weighted by atomic mass is 9.94. The molecule has 1 unspecified atom stereocenters. The van der Waals surface area contributed by atoms with E-state index in [0.29, 0.717) is 31.2 Å². The lowest BCUT2D eigenvalue weighted by molar-refractivity contribution is -0.132. The maximum Gasteiger partial charge on any atom is 0.223 e. The SMILES string of the molecule is CC(C)c1nnc(CCC(=O)N2CCCC(c3ccc(Nc4ccccn4)cn3)C2)o1. The number of likely N-dealkylation sites (tertiary alicyclic amines) is 1. The molecule has 1 N–H and O–H groups in total. The van der Waals surface area contributed by atoms with Crippen LogP contribution in [-0.4, -0.2) is 44.1 Å². The molecule has 1 fully saturated rings. The standard InChI is InChI=1S/C23H28N6O2/c1-16(2)23-28-27-21(31-23)10-11-22(30)29-13-5-6-17(15-29)19-9-8-18(14-25-19)26-20-7-3-4-12-24-20/h3-4,7-9,12,14,16-17H,5-6,10-11,13,15H2,1-2H3,(H,24,26). The number of amides is 1. The summed E-state index contributed by atoms with van der Waals surface area (Å²) < 4.78 is 5.61. The van der Waals surface area contributed by atoms with Crippen molar-refractivity contribution in [3.63, 3.8) is 0 Å². The van der Waals surface area contributed by atoms with E-state index in [1.807, 2.05) is 55.3 Å². The number of aryl methyl sites for hydroxylation is 1. The first kappa shape index (κ1) is 21.0. The molecule has 162 valence electrons. The monoisotopic (exact) mass is 420 g/mol. The number of hydrogen-bond donors (Lipinski definition) is 1. The van der Waals surface area contributed by atoms with Crippen LogP contribution >= 0.6 is 0 Å². The van der Waals surface area contributed by atoms with Gasteiger partial charge in [0, 0.05) is 49.7 Å². The molecule has 4 rings (SSSR count). The Kier molecular flexibility index (Phi) is 6.54. The summed E-state index contributed by atoms with van der Waals surface area (Å²) >= 11 is 0. The summed E-state index contributed by atoms with van der Waals surface area (Å²) in [6.45, 7) is 5.49. The fourth-order valence-corrected chi connectivity index (χ4v) is 3.72. The number of nitrogens with zero attached hydrogens (tertiary/aromatic N) is 5. The average Bonchev–Trinajstić information content (AvgIpc) is 3.28. The van der Waals surface area contributed by atoms with Crippen molar-refractivity contribution in [1.82, 2.24) is 25.1 Å². The zero-order valence-corrected chi connectivity index (χ0v) is 18.0. The summed E-state index contributed by atoms with van der Waals surface area (Å²) in [5, 5.41) is 11.3. The molecule has 0 spiro atoms. The number of nitrogens with one attached hydrogen (secondary N) is 1. The number of pyridine rings is 2. The lowest BCUT2D eigenvalue weighted by Crippen LogP contribution is -2.39. The van der Waals surface area contributed by atoms with E-state index in [1.54, 1.807) is 6.20 Å². The quantitative estimate of drug-likeness (QED) is 0.615. The van der Waals surface area contributed by atoms with E-state index >= 15 is 0 Å². The molecule has 1 aliphatic heterocycles. The fraction of sp³-hybridized carbons (Fsp3) is 0.435. The molecule has 1 saturated heterocycles. The van der Waals surface area contributed by atoms with Crippen LogP contribution in [0.25, 0.3) is 0 Å². The molecule has 1 atom stereocenters. The van der Waals surface area contributed by atoms with Gasteiger partial charge in [-0.15, -0.1) is 10.2 Å². The van der Waals surface area contributed by atoms with Gasteiger partial charge in [0.2, 0.25) is 17.7 Å². The van der Waals surface area contributed by atoms with Crippen molar-refractivity contribution >= 4 is 17.4 Å². The molecule has 0 bridgehead atoms. The van der Waals surface area contributed by atoms with E-state index in [1.165, 1.54) is 0 Å². The predicted molar refractivity (Wildman–Crippen MR) is 117 cm³/mol. The van der Waals surface area contributed by atoms with Crippen molar-refractivity contribution in [2.75, 3.05) is 18.4 Å². The second kappa shape index (κ2) is 9.68. The van der Waals surface area contributed by atoms with Gasteiger partial charge < -0.3 is 14.6 Å². The zero-order chi connectivity index (χ0) is 21.6. The molecule has 8 heteroatoms. The Labute approximate surface area is 182 Å². The zero-order valence-electron chi connectivity index (χ0n) is 18.0. The van der Waals surface area contributed by atoms with Crippen molar-refractivity contribution in [2.24, 2.45) is 0 Å². The summed E-state index contributed by atoms with van der Waals surface area (Å²) in [6, 6.07) is 9.78. The van der Waals surface area contributed by atoms with E-state index < -0.39 is 0 Å². The smallest absolute Gasteiger partial charge is 0.223 e. The molecule has 0 saturated carbocycles. The third-order valence-electron chi connectivity index (χ3n) is 5.45. The second-order valence-electron chi connectivity index (χ2n) is 8.18. The minimum atomic E-state index is 0.127. The summed E-state index contributed by atoms with van der Waals surface area (Å²) in [4.78, 5) is 23.6. The van der Waals surface area contributed by atoms with Gasteiger partial charge in [-0.05, 0) is 37.1 Å². The molecule has 3 aromatic heterocycles. The van der Waals surface area contributed by atoms with Gasteiger partial charge in [-0.3, -0.25) is 9.78 Å². The number of anilines is 2. The van der Waals surface area contributed by atoms with Crippen molar-refractivity contribution in [2.45, 2.75) is 51.4 Å². The number of hydrogen-bond acceptors (Lipinski definition) is 7. The third kappa shape index (κ3) is 5.45. The van der Waals surface area contributed by atoms with E-state index in [-0.39, 0.29) is 17.7 Å². The highest BCUT2D eigenvalue weighted by molar-refractivity contribution is 5.76. The summed E-state index contributed by atoms with van der Waals surface area (Å²) in [5.74, 6) is 2.50. The van der Waals surface area contributed by atoms with Crippen molar-refractivity contribution in [1.29, 1.82) is 0 Å². The van der Waals surface area contributed by atoms with Crippen LogP contribution in [0.4, 0.5) is 11.5 Å². The first-order valence-electron chi connectivity index (χ1n) is 10.8. The van der Waals surface area contributed by atoms with Gasteiger partial charge in [0.25, 0.3) is 0 Å². The summed E-state index contributed by atoms with van der Waals surface area (Å²) in [7, 11) is 0. The molecule has 1 amide bonds. The highest BCUT2D eigenvalue weighted by Crippen LogP contribution is 2.27. The number of piperidine rings is 1. The van der Waals surface area contributed by atoms with Gasteiger partial charge in [-0.2, -0.15) is 0 Å². The Hall–Kier alpha value is -3.29. The first-order chi connectivity index (χ1) is 15.1. The Morgan fingerprint density at radius 3 is 2.84 bits per heavy atom. The summed E-state index contributed by atoms with van der Waals surface area (Å²) in [5.41, 5.74) is 1.91. The Morgan fingerprint density at radius 1 is 1.23 bits per heavy atom. The van der Waals surface area contributed by atoms with Gasteiger partial charge in [0.1, 0.15) is 5.82 Å². The average molecular weight is 421 g/mol. The van der Waals surface area contributed by atoms with Crippen LogP contribution < -0.4 is 5.32 Å². The van der Waals surface area contributed by atoms with E-state index in [0.717, 1.165) is 36.6 Å². The first-order valence-corrected chi connectivity index (χ1v) is 10.8. The minimum absolute atomic E-state index is 0.127. The second-order valence-corrected chi connectivity index (χ2v) is 8.18. The maximum absolute atomic E-state index is 12.7. The highest BCUT2D eigenvalue weighted by Gasteiger charge is 2.25. The molecule has 31 heavy (non-hydrogen) atoms. The van der Waals surface area contributed by atoms with E-state index in [9.17, 15) is 4.79 Å². The van der Waals surface area contributed by atoms with E-state index in [2.05, 4.69) is 25.5 Å². The van der Waals surface area contributed by atoms with Gasteiger partial charge in [0.15, 0.2) is 0 Å². The largest absolute Gasteiger partial charge is 0.425 e. The van der Waals surface area contributed by atoms with Crippen molar-refractivity contribution < 1.29 is 9.21 Å². The molecule has 0 aromatic carbocycles. The fourth-order valence-electron chi connectivity index (χ4n) is 3.72. The third-order valence-corrected chi connectivity index (χ3v) is 5.45. The molecule has 8 nitrogen and oxygen atoms in total. The van der Waals surface area contributed by atoms with Crippen molar-refractivity contribution in [3.05, 3.63) is 60.2 Å². The van der Waals surface area contributed by atoms with Crippen LogP contribution in [-0.2, 0) is 11.2 Å². The van der Waals surface area contributed by atoms with Crippen LogP contribution in [0, 0.1) is 0 Å². The molecular formula is C23H28N6O2. The topological polar surface area (TPSA) is 97.0 Å². The van der Waals surface area contributed by atoms with Crippen LogP contribution in [0.5, 0.6) is 0 Å². The maximum atomic E-state index is 12.7. The Morgan fingerprint density at radius 2 is 2.13 bits per heavy atom. The summed E-state index contributed by atoms with van der Waals surface area (Å²) in [6.07, 6.45) is 6.44. The molecule has 0 aliphatic carbocycles. The van der Waals surface area contributed by atoms with Crippen molar-refractivity contribution in [3.8, 4) is 0 Å². The predicted octanol–water partition coefficient (Wildman–Crippen LogP) is 4.07. The van der Waals surface area contributed by atoms with Crippen LogP contribution in [0.15, 0.2) is 47.1 Å². The Balaban J connectivity index is 1.31. The van der Waals surface area contributed by atoms with E-state index in [4.69, 9.17) is 4.42 Å². The number of carbonyl (C=O) groups is 1. The molecule has 1 aliphatic rings. The van der Waals surface area contributed by atoms with Gasteiger partial charge in [-0.25, -0.2) is 4.98 Å². The number of aromatic nitrogens is 4. The number of carbonyl (C=O) groups excluding carboxylic acids is 1. The minimum Gasteiger partial charge on any atom is -0.425 e. The lowest BCUT2D eigenvalue weighted by Gasteiger charge is -2.32. The molecular weight excluding hydrogens is 392 g/mol. The molecule has 3 aromatic rings. The molecule has 4 heterocycles. The van der Waals surface area contributed by atoms with Gasteiger partial charge in [-0.1, -0.05) is 19.9 Å².